The Hall–Kier alpha value is -0.470. The zero-order chi connectivity index (χ0) is 10.7. The highest BCUT2D eigenvalue weighted by atomic mass is 32.2. The average Bonchev–Trinajstić information content (AvgIpc) is 2.56. The van der Waals surface area contributed by atoms with Gasteiger partial charge in [0.25, 0.3) is 0 Å². The first kappa shape index (κ1) is 11.0. The molecule has 0 aromatic heterocycles. The fourth-order valence-electron chi connectivity index (χ4n) is 2.20. The molecule has 0 spiro atoms. The van der Waals surface area contributed by atoms with E-state index in [-0.39, 0.29) is 0 Å². The smallest absolute Gasteiger partial charge is 0.0655 e. The summed E-state index contributed by atoms with van der Waals surface area (Å²) in [7, 11) is 0. The summed E-state index contributed by atoms with van der Waals surface area (Å²) in [6, 6.07) is 10.4. The van der Waals surface area contributed by atoms with Crippen molar-refractivity contribution in [2.24, 2.45) is 5.92 Å². The third-order valence-electron chi connectivity index (χ3n) is 3.31. The van der Waals surface area contributed by atoms with E-state index in [9.17, 15) is 5.11 Å². The summed E-state index contributed by atoms with van der Waals surface area (Å²) < 4.78 is 0. The minimum atomic E-state index is -0.429. The normalized spacial score (nSPS) is 30.7. The molecule has 1 nitrogen and oxygen atoms in total. The molecule has 0 amide bonds. The number of aliphatic hydroxyl groups is 1. The minimum absolute atomic E-state index is 0.429. The second-order valence-electron chi connectivity index (χ2n) is 4.57. The zero-order valence-corrected chi connectivity index (χ0v) is 9.96. The first-order chi connectivity index (χ1) is 7.18. The summed E-state index contributed by atoms with van der Waals surface area (Å²) in [6.07, 6.45) is 3.31. The van der Waals surface area contributed by atoms with Crippen LogP contribution in [0.4, 0.5) is 0 Å². The van der Waals surface area contributed by atoms with Crippen LogP contribution in [0.2, 0.25) is 0 Å². The molecule has 1 saturated carbocycles. The highest BCUT2D eigenvalue weighted by Gasteiger charge is 2.36. The van der Waals surface area contributed by atoms with Crippen LogP contribution in [0.1, 0.15) is 26.2 Å². The quantitative estimate of drug-likeness (QED) is 0.792. The van der Waals surface area contributed by atoms with E-state index in [0.29, 0.717) is 5.92 Å². The summed E-state index contributed by atoms with van der Waals surface area (Å²) in [5.74, 6) is 1.50. The Morgan fingerprint density at radius 2 is 2.13 bits per heavy atom. The molecule has 15 heavy (non-hydrogen) atoms. The Labute approximate surface area is 95.9 Å². The first-order valence-electron chi connectivity index (χ1n) is 5.59. The van der Waals surface area contributed by atoms with Crippen LogP contribution < -0.4 is 0 Å². The predicted octanol–water partition coefficient (Wildman–Crippen LogP) is 3.33. The average molecular weight is 222 g/mol. The van der Waals surface area contributed by atoms with Crippen LogP contribution in [-0.2, 0) is 0 Å². The molecule has 0 bridgehead atoms. The molecule has 1 aliphatic carbocycles. The van der Waals surface area contributed by atoms with Crippen molar-refractivity contribution in [1.82, 2.24) is 0 Å². The van der Waals surface area contributed by atoms with Gasteiger partial charge in [0.2, 0.25) is 0 Å². The Balaban J connectivity index is 1.89. The van der Waals surface area contributed by atoms with Crippen LogP contribution in [0.5, 0.6) is 0 Å². The number of hydrogen-bond donors (Lipinski definition) is 1. The van der Waals surface area contributed by atoms with Crippen molar-refractivity contribution in [2.75, 3.05) is 5.75 Å². The van der Waals surface area contributed by atoms with Gasteiger partial charge in [0.05, 0.1) is 5.60 Å². The lowest BCUT2D eigenvalue weighted by molar-refractivity contribution is 0.0303. The molecule has 2 atom stereocenters. The van der Waals surface area contributed by atoms with Crippen molar-refractivity contribution in [1.29, 1.82) is 0 Å². The summed E-state index contributed by atoms with van der Waals surface area (Å²) in [5, 5.41) is 10.1. The molecule has 1 aromatic rings. The van der Waals surface area contributed by atoms with Crippen molar-refractivity contribution in [2.45, 2.75) is 36.7 Å². The van der Waals surface area contributed by atoms with Gasteiger partial charge < -0.3 is 5.11 Å². The number of benzene rings is 1. The van der Waals surface area contributed by atoms with Crippen LogP contribution in [0, 0.1) is 5.92 Å². The zero-order valence-electron chi connectivity index (χ0n) is 9.15. The highest BCUT2D eigenvalue weighted by molar-refractivity contribution is 7.99. The van der Waals surface area contributed by atoms with Gasteiger partial charge in [-0.3, -0.25) is 0 Å². The monoisotopic (exact) mass is 222 g/mol. The number of thioether (sulfide) groups is 1. The number of hydrogen-bond acceptors (Lipinski definition) is 2. The van der Waals surface area contributed by atoms with Gasteiger partial charge in [-0.1, -0.05) is 24.6 Å². The van der Waals surface area contributed by atoms with E-state index in [1.807, 2.05) is 24.8 Å². The van der Waals surface area contributed by atoms with Gasteiger partial charge in [-0.15, -0.1) is 11.8 Å². The van der Waals surface area contributed by atoms with Crippen LogP contribution in [0.3, 0.4) is 0 Å². The third-order valence-corrected chi connectivity index (χ3v) is 4.48. The van der Waals surface area contributed by atoms with Gasteiger partial charge in [-0.25, -0.2) is 0 Å². The molecule has 0 heterocycles. The second kappa shape index (κ2) is 4.58. The van der Waals surface area contributed by atoms with Crippen LogP contribution in [0.25, 0.3) is 0 Å². The van der Waals surface area contributed by atoms with Crippen LogP contribution in [0.15, 0.2) is 35.2 Å². The van der Waals surface area contributed by atoms with Crippen LogP contribution >= 0.6 is 11.8 Å². The van der Waals surface area contributed by atoms with Gasteiger partial charge in [0.1, 0.15) is 0 Å². The third kappa shape index (κ3) is 2.76. The van der Waals surface area contributed by atoms with Crippen molar-refractivity contribution < 1.29 is 5.11 Å². The van der Waals surface area contributed by atoms with E-state index in [0.717, 1.165) is 12.2 Å². The first-order valence-corrected chi connectivity index (χ1v) is 6.57. The molecule has 82 valence electrons. The highest BCUT2D eigenvalue weighted by Crippen LogP contribution is 2.38. The topological polar surface area (TPSA) is 20.2 Å². The molecule has 2 rings (SSSR count). The van der Waals surface area contributed by atoms with Crippen LogP contribution in [-0.4, -0.2) is 16.5 Å². The molecule has 1 aromatic carbocycles. The SMILES string of the molecule is C[C@@]1(O)CCC[C@@H]1CSc1ccccc1. The Kier molecular flexibility index (Phi) is 3.37. The van der Waals surface area contributed by atoms with Crippen molar-refractivity contribution in [3.63, 3.8) is 0 Å². The van der Waals surface area contributed by atoms with Crippen molar-refractivity contribution in [3.8, 4) is 0 Å². The maximum Gasteiger partial charge on any atom is 0.0655 e. The molecule has 1 N–H and O–H groups in total. The Morgan fingerprint density at radius 1 is 1.40 bits per heavy atom. The lowest BCUT2D eigenvalue weighted by Crippen LogP contribution is -2.30. The molecule has 1 fully saturated rings. The molecule has 0 saturated heterocycles. The van der Waals surface area contributed by atoms with E-state index in [2.05, 4.69) is 24.3 Å². The lowest BCUT2D eigenvalue weighted by atomic mass is 9.95. The minimum Gasteiger partial charge on any atom is -0.390 e. The molecule has 1 aliphatic rings. The van der Waals surface area contributed by atoms with Gasteiger partial charge in [-0.2, -0.15) is 0 Å². The summed E-state index contributed by atoms with van der Waals surface area (Å²) in [5.41, 5.74) is -0.429. The van der Waals surface area contributed by atoms with E-state index < -0.39 is 5.60 Å². The van der Waals surface area contributed by atoms with Gasteiger partial charge in [0, 0.05) is 10.6 Å². The molecule has 0 radical (unpaired) electrons. The molecular weight excluding hydrogens is 204 g/mol. The predicted molar refractivity (Wildman–Crippen MR) is 65.1 cm³/mol. The lowest BCUT2D eigenvalue weighted by Gasteiger charge is -2.25. The summed E-state index contributed by atoms with van der Waals surface area (Å²) in [6.45, 7) is 1.98. The second-order valence-corrected chi connectivity index (χ2v) is 5.66. The van der Waals surface area contributed by atoms with Crippen molar-refractivity contribution in [3.05, 3.63) is 30.3 Å². The molecule has 0 unspecified atom stereocenters. The standard InChI is InChI=1S/C13H18OS/c1-13(14)9-5-6-11(13)10-15-12-7-3-2-4-8-12/h2-4,7-8,11,14H,5-6,9-10H2,1H3/t11-,13-/m1/s1. The Bertz CT molecular complexity index is 308. The summed E-state index contributed by atoms with van der Waals surface area (Å²) >= 11 is 1.86. The van der Waals surface area contributed by atoms with E-state index >= 15 is 0 Å². The fraction of sp³-hybridized carbons (Fsp3) is 0.538. The number of rotatable bonds is 3. The largest absolute Gasteiger partial charge is 0.390 e. The van der Waals surface area contributed by atoms with Gasteiger partial charge in [-0.05, 0) is 37.8 Å². The summed E-state index contributed by atoms with van der Waals surface area (Å²) in [4.78, 5) is 1.31. The molecule has 0 aliphatic heterocycles. The molecular formula is C13H18OS. The van der Waals surface area contributed by atoms with E-state index in [4.69, 9.17) is 0 Å². The maximum atomic E-state index is 10.1. The van der Waals surface area contributed by atoms with Gasteiger partial charge in [0.15, 0.2) is 0 Å². The van der Waals surface area contributed by atoms with Crippen molar-refractivity contribution >= 4 is 11.8 Å². The fourth-order valence-corrected chi connectivity index (χ4v) is 3.47. The van der Waals surface area contributed by atoms with E-state index in [1.165, 1.54) is 17.7 Å². The van der Waals surface area contributed by atoms with E-state index in [1.54, 1.807) is 0 Å². The van der Waals surface area contributed by atoms with Gasteiger partial charge >= 0.3 is 0 Å². The Morgan fingerprint density at radius 3 is 2.73 bits per heavy atom. The molecule has 2 heteroatoms. The maximum absolute atomic E-state index is 10.1.